The minimum absolute atomic E-state index is 0.0128. The average Bonchev–Trinajstić information content (AvgIpc) is 3.42. The van der Waals surface area contributed by atoms with Gasteiger partial charge in [0, 0.05) is 6.42 Å². The molecule has 0 spiro atoms. The van der Waals surface area contributed by atoms with Crippen LogP contribution in [0.5, 0.6) is 0 Å². The summed E-state index contributed by atoms with van der Waals surface area (Å²) in [6.07, 6.45) is 86.6. The minimum atomic E-state index is -4.62. The Morgan fingerprint density at radius 3 is 1.18 bits per heavy atom. The van der Waals surface area contributed by atoms with E-state index in [1.807, 2.05) is 27.2 Å². The van der Waals surface area contributed by atoms with Crippen molar-refractivity contribution in [2.24, 2.45) is 0 Å². The molecule has 1 amide bonds. The number of allylic oxidation sites excluding steroid dienone is 15. The van der Waals surface area contributed by atoms with Crippen LogP contribution in [0.3, 0.4) is 0 Å². The molecule has 0 aromatic heterocycles. The van der Waals surface area contributed by atoms with Gasteiger partial charge in [-0.05, 0) is 89.9 Å². The first-order chi connectivity index (χ1) is 38.5. The Balaban J connectivity index is 4.20. The van der Waals surface area contributed by atoms with E-state index in [9.17, 15) is 19.4 Å². The predicted molar refractivity (Wildman–Crippen MR) is 343 cm³/mol. The lowest BCUT2D eigenvalue weighted by atomic mass is 10.0. The van der Waals surface area contributed by atoms with E-state index < -0.39 is 26.6 Å². The van der Waals surface area contributed by atoms with Gasteiger partial charge in [-0.15, -0.1) is 0 Å². The van der Waals surface area contributed by atoms with Crippen LogP contribution in [0.25, 0.3) is 0 Å². The Morgan fingerprint density at radius 1 is 0.456 bits per heavy atom. The number of quaternary nitrogens is 1. The second-order valence-electron chi connectivity index (χ2n) is 23.4. The largest absolute Gasteiger partial charge is 0.756 e. The first kappa shape index (κ1) is 76.4. The molecule has 0 saturated carbocycles. The molecule has 0 rings (SSSR count). The van der Waals surface area contributed by atoms with Crippen LogP contribution in [-0.4, -0.2) is 68.5 Å². The zero-order chi connectivity index (χ0) is 57.7. The quantitative estimate of drug-likeness (QED) is 0.0272. The maximum absolute atomic E-state index is 13.0. The number of carbonyl (C=O) groups is 1. The maximum Gasteiger partial charge on any atom is 0.268 e. The highest BCUT2D eigenvalue weighted by atomic mass is 31.2. The topological polar surface area (TPSA) is 108 Å². The van der Waals surface area contributed by atoms with Gasteiger partial charge in [-0.1, -0.05) is 291 Å². The van der Waals surface area contributed by atoms with E-state index in [1.54, 1.807) is 6.08 Å². The van der Waals surface area contributed by atoms with Crippen LogP contribution in [0.2, 0.25) is 0 Å². The number of phosphoric acid groups is 1. The standard InChI is InChI=1S/C70H127N2O6P/c1-6-8-10-12-14-16-18-20-22-24-26-28-30-32-34-36-38-40-42-44-46-48-50-52-54-56-58-60-62-64-70(74)71-68(67-78-79(75,76)77-66-65-72(3,4)5)69(73)63-61-59-57-55-53-51-49-47-45-43-41-39-37-35-33-31-29-27-25-23-21-19-17-15-13-11-9-7-2/h8,10,14,16,20,22,26,28,32,34,45,47,53,55,61,63,68-69,73H,6-7,9,11-13,15,17-19,21,23-25,27,29-31,33,35-44,46,48-52,54,56-60,62,64-67H2,1-5H3,(H-,71,74,75,76)/b10-8-,16-14-,22-20-,28-26-,34-32-,47-45+,55-53+,63-61+. The Labute approximate surface area is 489 Å². The number of nitrogens with one attached hydrogen (secondary N) is 1. The minimum Gasteiger partial charge on any atom is -0.756 e. The van der Waals surface area contributed by atoms with Gasteiger partial charge in [-0.2, -0.15) is 0 Å². The lowest BCUT2D eigenvalue weighted by Gasteiger charge is -2.29. The number of aliphatic hydroxyl groups excluding tert-OH is 1. The van der Waals surface area contributed by atoms with Crippen molar-refractivity contribution < 1.29 is 32.9 Å². The Kier molecular flexibility index (Phi) is 58.1. The molecule has 9 heteroatoms. The van der Waals surface area contributed by atoms with Crippen molar-refractivity contribution in [1.29, 1.82) is 0 Å². The number of likely N-dealkylation sites (N-methyl/N-ethyl adjacent to an activating group) is 1. The van der Waals surface area contributed by atoms with Gasteiger partial charge in [0.15, 0.2) is 0 Å². The van der Waals surface area contributed by atoms with Crippen molar-refractivity contribution in [2.45, 2.75) is 302 Å². The fourth-order valence-corrected chi connectivity index (χ4v) is 10.1. The zero-order valence-corrected chi connectivity index (χ0v) is 53.2. The van der Waals surface area contributed by atoms with Crippen LogP contribution in [-0.2, 0) is 18.4 Å². The van der Waals surface area contributed by atoms with Crippen molar-refractivity contribution in [3.63, 3.8) is 0 Å². The molecule has 0 bridgehead atoms. The van der Waals surface area contributed by atoms with E-state index in [-0.39, 0.29) is 12.5 Å². The van der Waals surface area contributed by atoms with Crippen LogP contribution in [0.1, 0.15) is 290 Å². The lowest BCUT2D eigenvalue weighted by molar-refractivity contribution is -0.870. The summed E-state index contributed by atoms with van der Waals surface area (Å²) >= 11 is 0. The van der Waals surface area contributed by atoms with E-state index >= 15 is 0 Å². The highest BCUT2D eigenvalue weighted by Gasteiger charge is 2.23. The molecular weight excluding hydrogens is 996 g/mol. The van der Waals surface area contributed by atoms with Gasteiger partial charge in [-0.25, -0.2) is 0 Å². The van der Waals surface area contributed by atoms with Crippen LogP contribution in [0.4, 0.5) is 0 Å². The van der Waals surface area contributed by atoms with E-state index in [4.69, 9.17) is 9.05 Å². The smallest absolute Gasteiger partial charge is 0.268 e. The molecule has 0 aliphatic rings. The van der Waals surface area contributed by atoms with Gasteiger partial charge in [-0.3, -0.25) is 9.36 Å². The summed E-state index contributed by atoms with van der Waals surface area (Å²) < 4.78 is 23.4. The van der Waals surface area contributed by atoms with Gasteiger partial charge in [0.2, 0.25) is 5.91 Å². The van der Waals surface area contributed by atoms with E-state index in [0.717, 1.165) is 77.0 Å². The van der Waals surface area contributed by atoms with E-state index in [1.165, 1.54) is 193 Å². The highest BCUT2D eigenvalue weighted by molar-refractivity contribution is 7.45. The number of hydrogen-bond donors (Lipinski definition) is 2. The molecule has 0 aromatic rings. The Bertz CT molecular complexity index is 1610. The average molecular weight is 1120 g/mol. The molecule has 2 N–H and O–H groups in total. The number of hydrogen-bond acceptors (Lipinski definition) is 6. The number of rotatable bonds is 60. The third-order valence-corrected chi connectivity index (χ3v) is 15.5. The van der Waals surface area contributed by atoms with Crippen molar-refractivity contribution in [1.82, 2.24) is 5.32 Å². The first-order valence-corrected chi connectivity index (χ1v) is 34.6. The molecule has 0 radical (unpaired) electrons. The van der Waals surface area contributed by atoms with Crippen molar-refractivity contribution >= 4 is 13.7 Å². The summed E-state index contributed by atoms with van der Waals surface area (Å²) in [5, 5.41) is 13.9. The molecule has 3 unspecified atom stereocenters. The summed E-state index contributed by atoms with van der Waals surface area (Å²) in [6.45, 7) is 4.53. The summed E-state index contributed by atoms with van der Waals surface area (Å²) in [6, 6.07) is -0.918. The Morgan fingerprint density at radius 2 is 0.785 bits per heavy atom. The van der Waals surface area contributed by atoms with Crippen molar-refractivity contribution in [2.75, 3.05) is 40.9 Å². The summed E-state index contributed by atoms with van der Waals surface area (Å²) in [5.41, 5.74) is 0. The number of amides is 1. The lowest BCUT2D eigenvalue weighted by Crippen LogP contribution is -2.45. The van der Waals surface area contributed by atoms with Crippen molar-refractivity contribution in [3.8, 4) is 0 Å². The number of carbonyl (C=O) groups excluding carboxylic acids is 1. The van der Waals surface area contributed by atoms with Gasteiger partial charge < -0.3 is 28.8 Å². The molecule has 458 valence electrons. The molecule has 0 aromatic carbocycles. The fourth-order valence-electron chi connectivity index (χ4n) is 9.39. The maximum atomic E-state index is 13.0. The third-order valence-electron chi connectivity index (χ3n) is 14.5. The van der Waals surface area contributed by atoms with Crippen molar-refractivity contribution in [3.05, 3.63) is 97.2 Å². The number of aliphatic hydroxyl groups is 1. The predicted octanol–water partition coefficient (Wildman–Crippen LogP) is 20.3. The normalized spacial score (nSPS) is 14.4. The second-order valence-corrected chi connectivity index (χ2v) is 24.8. The number of nitrogens with zero attached hydrogens (tertiary/aromatic N) is 1. The molecule has 0 aliphatic heterocycles. The molecule has 79 heavy (non-hydrogen) atoms. The molecule has 0 fully saturated rings. The number of phosphoric ester groups is 1. The molecular formula is C70H127N2O6P. The molecule has 0 heterocycles. The molecule has 3 atom stereocenters. The highest BCUT2D eigenvalue weighted by Crippen LogP contribution is 2.38. The first-order valence-electron chi connectivity index (χ1n) is 33.1. The summed E-state index contributed by atoms with van der Waals surface area (Å²) in [4.78, 5) is 25.6. The summed E-state index contributed by atoms with van der Waals surface area (Å²) in [5.74, 6) is -0.214. The van der Waals surface area contributed by atoms with Crippen LogP contribution in [0, 0.1) is 0 Å². The van der Waals surface area contributed by atoms with Gasteiger partial charge in [0.05, 0.1) is 39.9 Å². The second kappa shape index (κ2) is 60.0. The van der Waals surface area contributed by atoms with Crippen LogP contribution in [0.15, 0.2) is 97.2 Å². The summed E-state index contributed by atoms with van der Waals surface area (Å²) in [7, 11) is 1.23. The third kappa shape index (κ3) is 62.9. The van der Waals surface area contributed by atoms with Gasteiger partial charge in [0.1, 0.15) is 13.2 Å². The zero-order valence-electron chi connectivity index (χ0n) is 52.3. The molecule has 0 saturated heterocycles. The SMILES string of the molecule is CC/C=C\C/C=C\C/C=C\C/C=C\C/C=C\CCCCCCCCCCCCCCCC(=O)NC(COP(=O)([O-])OCC[N+](C)(C)C)C(O)/C=C/CC/C=C/CC/C=C/CCCCCCCCCCCCCCCCCCCC. The van der Waals surface area contributed by atoms with E-state index in [2.05, 4.69) is 104 Å². The molecule has 8 nitrogen and oxygen atoms in total. The van der Waals surface area contributed by atoms with Gasteiger partial charge >= 0.3 is 0 Å². The van der Waals surface area contributed by atoms with Crippen LogP contribution >= 0.6 is 7.82 Å². The van der Waals surface area contributed by atoms with Crippen LogP contribution < -0.4 is 10.2 Å². The number of unbranched alkanes of at least 4 members (excludes halogenated alkanes) is 33. The monoisotopic (exact) mass is 1120 g/mol. The fraction of sp³-hybridized carbons (Fsp3) is 0.757. The molecule has 0 aliphatic carbocycles. The van der Waals surface area contributed by atoms with E-state index in [0.29, 0.717) is 17.4 Å². The van der Waals surface area contributed by atoms with Gasteiger partial charge in [0.25, 0.3) is 7.82 Å². The Hall–Kier alpha value is -2.58.